The Morgan fingerprint density at radius 2 is 1.90 bits per heavy atom. The van der Waals surface area contributed by atoms with E-state index in [1.165, 1.54) is 31.2 Å². The van der Waals surface area contributed by atoms with Crippen LogP contribution in [0.1, 0.15) is 74.0 Å². The number of benzene rings is 1. The minimum Gasteiger partial charge on any atom is -0.321 e. The summed E-state index contributed by atoms with van der Waals surface area (Å²) < 4.78 is 2.10. The zero-order chi connectivity index (χ0) is 21.3. The highest BCUT2D eigenvalue weighted by Gasteiger charge is 2.56. The Labute approximate surface area is 181 Å². The van der Waals surface area contributed by atoms with Gasteiger partial charge in [0.2, 0.25) is 0 Å². The van der Waals surface area contributed by atoms with E-state index in [1.54, 1.807) is 0 Å². The normalized spacial score (nSPS) is 32.4. The molecule has 31 heavy (non-hydrogen) atoms. The quantitative estimate of drug-likeness (QED) is 0.653. The van der Waals surface area contributed by atoms with Gasteiger partial charge in [0.15, 0.2) is 5.82 Å². The maximum absolute atomic E-state index is 13.4. The second kappa shape index (κ2) is 6.73. The Morgan fingerprint density at radius 1 is 1.10 bits per heavy atom. The zero-order valence-electron chi connectivity index (χ0n) is 18.6. The number of nitrogens with zero attached hydrogens (tertiary/aromatic N) is 5. The molecule has 1 saturated carbocycles. The van der Waals surface area contributed by atoms with Crippen LogP contribution < -0.4 is 5.56 Å². The van der Waals surface area contributed by atoms with E-state index < -0.39 is 0 Å². The molecule has 4 unspecified atom stereocenters. The molecule has 5 atom stereocenters. The van der Waals surface area contributed by atoms with Gasteiger partial charge in [0.05, 0.1) is 11.1 Å². The largest absolute Gasteiger partial charge is 0.321 e. The van der Waals surface area contributed by atoms with Crippen LogP contribution in [0.4, 0.5) is 0 Å². The highest BCUT2D eigenvalue weighted by molar-refractivity contribution is 5.83. The molecule has 0 amide bonds. The summed E-state index contributed by atoms with van der Waals surface area (Å²) in [5, 5.41) is 14.2. The summed E-state index contributed by atoms with van der Waals surface area (Å²) in [5.74, 6) is 1.40. The summed E-state index contributed by atoms with van der Waals surface area (Å²) in [4.78, 5) is 19.2. The monoisotopic (exact) mass is 418 g/mol. The lowest BCUT2D eigenvalue weighted by molar-refractivity contribution is -0.00645. The molecule has 162 valence electrons. The van der Waals surface area contributed by atoms with Crippen LogP contribution in [0.5, 0.6) is 0 Å². The van der Waals surface area contributed by atoms with E-state index in [2.05, 4.69) is 69.1 Å². The van der Waals surface area contributed by atoms with Gasteiger partial charge in [-0.1, -0.05) is 24.5 Å². The molecule has 3 aliphatic rings. The lowest BCUT2D eigenvalue weighted by Gasteiger charge is -2.51. The number of hydrogen-bond acceptors (Lipinski definition) is 5. The van der Waals surface area contributed by atoms with Gasteiger partial charge < -0.3 is 4.98 Å². The Hall–Kier alpha value is -2.54. The number of rotatable bonds is 1. The molecule has 1 aromatic carbocycles. The van der Waals surface area contributed by atoms with Gasteiger partial charge in [0.1, 0.15) is 6.04 Å². The molecule has 7 heteroatoms. The molecule has 1 N–H and O–H groups in total. The van der Waals surface area contributed by atoms with Crippen LogP contribution in [-0.2, 0) is 5.54 Å². The zero-order valence-corrected chi connectivity index (χ0v) is 18.6. The number of nitrogens with one attached hydrogen (secondary N) is 1. The second-order valence-corrected chi connectivity index (χ2v) is 10.1. The molecule has 2 aromatic heterocycles. The van der Waals surface area contributed by atoms with Crippen LogP contribution in [0.3, 0.4) is 0 Å². The van der Waals surface area contributed by atoms with Crippen molar-refractivity contribution >= 4 is 10.9 Å². The molecular formula is C24H30N6O. The number of pyridine rings is 1. The number of aryl methyl sites for hydroxylation is 2. The number of tetrazole rings is 1. The maximum atomic E-state index is 13.4. The standard InChI is InChI=1S/C24H30N6O/c1-14-11-15(2)20-16(12-14)13-18(23(31)25-20)21-22-26-27-28-30(22)24(3)17-7-4-5-9-19(24)29(21)10-6-8-17/h11-13,17,19,21H,4-10H2,1-3H3,(H,25,31)/t17?,19?,21-,24?/m1/s1. The predicted molar refractivity (Wildman–Crippen MR) is 119 cm³/mol. The number of fused-ring (bicyclic) bond motifs is 2. The van der Waals surface area contributed by atoms with Gasteiger partial charge in [0, 0.05) is 11.6 Å². The molecule has 4 heterocycles. The Morgan fingerprint density at radius 3 is 2.77 bits per heavy atom. The fraction of sp³-hybridized carbons (Fsp3) is 0.583. The van der Waals surface area contributed by atoms with Crippen molar-refractivity contribution in [2.45, 2.75) is 76.9 Å². The van der Waals surface area contributed by atoms with E-state index >= 15 is 0 Å². The summed E-state index contributed by atoms with van der Waals surface area (Å²) in [6.45, 7) is 7.50. The predicted octanol–water partition coefficient (Wildman–Crippen LogP) is 3.60. The number of aromatic amines is 1. The molecule has 1 aliphatic carbocycles. The van der Waals surface area contributed by atoms with Crippen molar-refractivity contribution in [3.8, 4) is 0 Å². The van der Waals surface area contributed by atoms with Crippen LogP contribution in [0.25, 0.3) is 10.9 Å². The summed E-state index contributed by atoms with van der Waals surface area (Å²) >= 11 is 0. The lowest BCUT2D eigenvalue weighted by Crippen LogP contribution is -2.60. The van der Waals surface area contributed by atoms with Gasteiger partial charge in [-0.2, -0.15) is 0 Å². The number of aromatic nitrogens is 5. The Bertz CT molecular complexity index is 1230. The summed E-state index contributed by atoms with van der Waals surface area (Å²) in [6.07, 6.45) is 7.20. The Balaban J connectivity index is 1.60. The van der Waals surface area contributed by atoms with Crippen LogP contribution in [-0.4, -0.2) is 42.7 Å². The van der Waals surface area contributed by atoms with Crippen molar-refractivity contribution in [1.29, 1.82) is 0 Å². The fourth-order valence-corrected chi connectivity index (χ4v) is 6.90. The molecule has 2 aliphatic heterocycles. The van der Waals surface area contributed by atoms with Crippen molar-refractivity contribution < 1.29 is 0 Å². The van der Waals surface area contributed by atoms with Gasteiger partial charge in [-0.15, -0.1) is 5.10 Å². The van der Waals surface area contributed by atoms with Crippen molar-refractivity contribution in [3.05, 3.63) is 51.1 Å². The minimum absolute atomic E-state index is 0.0305. The van der Waals surface area contributed by atoms with E-state index in [0.717, 1.165) is 47.2 Å². The smallest absolute Gasteiger partial charge is 0.253 e. The molecule has 6 rings (SSSR count). The second-order valence-electron chi connectivity index (χ2n) is 10.1. The summed E-state index contributed by atoms with van der Waals surface area (Å²) in [6, 6.07) is 6.49. The Kier molecular flexibility index (Phi) is 4.16. The average molecular weight is 419 g/mol. The van der Waals surface area contributed by atoms with Crippen LogP contribution in [0.2, 0.25) is 0 Å². The fourth-order valence-electron chi connectivity index (χ4n) is 6.90. The van der Waals surface area contributed by atoms with E-state index in [0.29, 0.717) is 12.0 Å². The lowest BCUT2D eigenvalue weighted by atomic mass is 9.74. The number of hydrogen-bond donors (Lipinski definition) is 1. The minimum atomic E-state index is -0.209. The van der Waals surface area contributed by atoms with E-state index in [1.807, 2.05) is 0 Å². The van der Waals surface area contributed by atoms with Gasteiger partial charge in [0.25, 0.3) is 5.56 Å². The van der Waals surface area contributed by atoms with Gasteiger partial charge in [-0.25, -0.2) is 4.68 Å². The molecule has 4 bridgehead atoms. The first-order valence-electron chi connectivity index (χ1n) is 11.7. The maximum Gasteiger partial charge on any atom is 0.253 e. The van der Waals surface area contributed by atoms with Crippen molar-refractivity contribution in [2.75, 3.05) is 6.54 Å². The highest BCUT2D eigenvalue weighted by Crippen LogP contribution is 2.51. The third kappa shape index (κ3) is 2.62. The molecule has 2 fully saturated rings. The topological polar surface area (TPSA) is 79.7 Å². The third-order valence-corrected chi connectivity index (χ3v) is 8.29. The third-order valence-electron chi connectivity index (χ3n) is 8.29. The van der Waals surface area contributed by atoms with Gasteiger partial charge in [-0.05, 0) is 92.4 Å². The van der Waals surface area contributed by atoms with Gasteiger partial charge in [-0.3, -0.25) is 9.69 Å². The molecule has 0 spiro atoms. The highest BCUT2D eigenvalue weighted by atomic mass is 16.1. The van der Waals surface area contributed by atoms with Crippen molar-refractivity contribution in [3.63, 3.8) is 0 Å². The van der Waals surface area contributed by atoms with Crippen LogP contribution in [0, 0.1) is 19.8 Å². The molecule has 7 nitrogen and oxygen atoms in total. The first-order valence-corrected chi connectivity index (χ1v) is 11.7. The van der Waals surface area contributed by atoms with E-state index in [9.17, 15) is 4.79 Å². The summed E-state index contributed by atoms with van der Waals surface area (Å²) in [5.41, 5.74) is 3.84. The first-order chi connectivity index (χ1) is 15.0. The van der Waals surface area contributed by atoms with E-state index in [4.69, 9.17) is 0 Å². The molecule has 0 radical (unpaired) electrons. The molecule has 1 saturated heterocycles. The van der Waals surface area contributed by atoms with Crippen molar-refractivity contribution in [2.24, 2.45) is 5.92 Å². The first kappa shape index (κ1) is 19.2. The molecular weight excluding hydrogens is 388 g/mol. The SMILES string of the molecule is Cc1cc(C)c2[nH]c(=O)c([C@@H]3c4nnnn4C4(C)C5CCCCC4N3CCC5)cc2c1. The van der Waals surface area contributed by atoms with E-state index in [-0.39, 0.29) is 17.1 Å². The van der Waals surface area contributed by atoms with Crippen LogP contribution >= 0.6 is 0 Å². The average Bonchev–Trinajstić information content (AvgIpc) is 3.13. The molecule has 3 aromatic rings. The van der Waals surface area contributed by atoms with Crippen LogP contribution in [0.15, 0.2) is 23.0 Å². The van der Waals surface area contributed by atoms with Gasteiger partial charge >= 0.3 is 0 Å². The summed E-state index contributed by atoms with van der Waals surface area (Å²) in [7, 11) is 0. The number of H-pyrrole nitrogens is 1. The van der Waals surface area contributed by atoms with Crippen molar-refractivity contribution in [1.82, 2.24) is 30.1 Å².